The standard InChI is InChI=1S/C10H22OS/c1-9(2)6-4-3-5-7-10(12)8-11/h9-12H,3-8H2,1-2H3. The molecular weight excluding hydrogens is 168 g/mol. The van der Waals surface area contributed by atoms with Crippen LogP contribution in [0.5, 0.6) is 0 Å². The van der Waals surface area contributed by atoms with E-state index in [0.29, 0.717) is 0 Å². The second kappa shape index (κ2) is 7.93. The summed E-state index contributed by atoms with van der Waals surface area (Å²) >= 11 is 4.22. The van der Waals surface area contributed by atoms with Gasteiger partial charge in [0.1, 0.15) is 0 Å². The van der Waals surface area contributed by atoms with E-state index in [1.54, 1.807) is 0 Å². The zero-order valence-electron chi connectivity index (χ0n) is 8.29. The fourth-order valence-corrected chi connectivity index (χ4v) is 1.38. The van der Waals surface area contributed by atoms with E-state index < -0.39 is 0 Å². The Kier molecular flexibility index (Phi) is 8.14. The molecule has 1 atom stereocenters. The van der Waals surface area contributed by atoms with Gasteiger partial charge in [0, 0.05) is 5.25 Å². The molecule has 1 nitrogen and oxygen atoms in total. The molecule has 0 aliphatic rings. The lowest BCUT2D eigenvalue weighted by Crippen LogP contribution is -2.03. The van der Waals surface area contributed by atoms with Gasteiger partial charge in [-0.1, -0.05) is 39.5 Å². The average Bonchev–Trinajstić information content (AvgIpc) is 2.03. The molecule has 1 unspecified atom stereocenters. The molecule has 74 valence electrons. The normalized spacial score (nSPS) is 13.8. The fraction of sp³-hybridized carbons (Fsp3) is 1.00. The number of hydrogen-bond donors (Lipinski definition) is 2. The molecule has 0 aromatic carbocycles. The van der Waals surface area contributed by atoms with Crippen molar-refractivity contribution in [3.63, 3.8) is 0 Å². The van der Waals surface area contributed by atoms with Gasteiger partial charge in [-0.3, -0.25) is 0 Å². The smallest absolute Gasteiger partial charge is 0.0547 e. The van der Waals surface area contributed by atoms with Crippen LogP contribution in [0.2, 0.25) is 0 Å². The van der Waals surface area contributed by atoms with Crippen molar-refractivity contribution in [2.45, 2.75) is 51.2 Å². The van der Waals surface area contributed by atoms with Crippen LogP contribution in [0.1, 0.15) is 46.0 Å². The van der Waals surface area contributed by atoms with Crippen molar-refractivity contribution < 1.29 is 5.11 Å². The van der Waals surface area contributed by atoms with Crippen LogP contribution in [0, 0.1) is 5.92 Å². The quantitative estimate of drug-likeness (QED) is 0.467. The van der Waals surface area contributed by atoms with Crippen LogP contribution in [0.4, 0.5) is 0 Å². The molecule has 0 aliphatic heterocycles. The highest BCUT2D eigenvalue weighted by Gasteiger charge is 2.00. The maximum absolute atomic E-state index is 8.70. The molecular formula is C10H22OS. The number of aliphatic hydroxyl groups is 1. The van der Waals surface area contributed by atoms with E-state index in [9.17, 15) is 0 Å². The maximum atomic E-state index is 8.70. The molecule has 12 heavy (non-hydrogen) atoms. The van der Waals surface area contributed by atoms with Crippen LogP contribution in [-0.2, 0) is 0 Å². The maximum Gasteiger partial charge on any atom is 0.0547 e. The van der Waals surface area contributed by atoms with Crippen LogP contribution >= 0.6 is 12.6 Å². The lowest BCUT2D eigenvalue weighted by Gasteiger charge is -2.07. The van der Waals surface area contributed by atoms with Crippen molar-refractivity contribution in [1.82, 2.24) is 0 Å². The van der Waals surface area contributed by atoms with Crippen molar-refractivity contribution in [2.24, 2.45) is 5.92 Å². The first-order valence-electron chi connectivity index (χ1n) is 4.95. The summed E-state index contributed by atoms with van der Waals surface area (Å²) in [5, 5.41) is 8.90. The first-order chi connectivity index (χ1) is 5.66. The van der Waals surface area contributed by atoms with E-state index in [2.05, 4.69) is 26.5 Å². The number of aliphatic hydroxyl groups excluding tert-OH is 1. The summed E-state index contributed by atoms with van der Waals surface area (Å²) in [5.74, 6) is 0.828. The largest absolute Gasteiger partial charge is 0.395 e. The average molecular weight is 190 g/mol. The van der Waals surface area contributed by atoms with Crippen LogP contribution in [0.15, 0.2) is 0 Å². The lowest BCUT2D eigenvalue weighted by atomic mass is 10.0. The Morgan fingerprint density at radius 3 is 2.17 bits per heavy atom. The topological polar surface area (TPSA) is 20.2 Å². The summed E-state index contributed by atoms with van der Waals surface area (Å²) in [4.78, 5) is 0. The van der Waals surface area contributed by atoms with Gasteiger partial charge in [0.15, 0.2) is 0 Å². The van der Waals surface area contributed by atoms with Crippen LogP contribution in [0.3, 0.4) is 0 Å². The number of rotatable bonds is 7. The molecule has 0 heterocycles. The van der Waals surface area contributed by atoms with Crippen LogP contribution in [0.25, 0.3) is 0 Å². The Morgan fingerprint density at radius 2 is 1.67 bits per heavy atom. The van der Waals surface area contributed by atoms with E-state index in [1.807, 2.05) is 0 Å². The van der Waals surface area contributed by atoms with E-state index in [1.165, 1.54) is 25.7 Å². The molecule has 0 spiro atoms. The van der Waals surface area contributed by atoms with Crippen LogP contribution < -0.4 is 0 Å². The van der Waals surface area contributed by atoms with Crippen molar-refractivity contribution in [2.75, 3.05) is 6.61 Å². The minimum absolute atomic E-state index is 0.198. The zero-order valence-corrected chi connectivity index (χ0v) is 9.19. The Hall–Kier alpha value is 0.310. The number of thiol groups is 1. The molecule has 0 saturated carbocycles. The Labute approximate surface area is 82.0 Å². The molecule has 0 amide bonds. The molecule has 0 aromatic heterocycles. The summed E-state index contributed by atoms with van der Waals surface area (Å²) in [5.41, 5.74) is 0. The second-order valence-corrected chi connectivity index (χ2v) is 4.60. The molecule has 2 heteroatoms. The molecule has 0 radical (unpaired) electrons. The summed E-state index contributed by atoms with van der Waals surface area (Å²) in [6.45, 7) is 4.73. The minimum Gasteiger partial charge on any atom is -0.395 e. The van der Waals surface area contributed by atoms with E-state index in [0.717, 1.165) is 12.3 Å². The Bertz CT molecular complexity index is 93.8. The summed E-state index contributed by atoms with van der Waals surface area (Å²) < 4.78 is 0. The molecule has 1 N–H and O–H groups in total. The molecule has 0 aromatic rings. The SMILES string of the molecule is CC(C)CCCCCC(S)CO. The van der Waals surface area contributed by atoms with Crippen molar-refractivity contribution in [3.05, 3.63) is 0 Å². The monoisotopic (exact) mass is 190 g/mol. The summed E-state index contributed by atoms with van der Waals surface area (Å²) in [6.07, 6.45) is 6.20. The van der Waals surface area contributed by atoms with Gasteiger partial charge in [0.05, 0.1) is 6.61 Å². The van der Waals surface area contributed by atoms with E-state index in [4.69, 9.17) is 5.11 Å². The first-order valence-corrected chi connectivity index (χ1v) is 5.47. The summed E-state index contributed by atoms with van der Waals surface area (Å²) in [6, 6.07) is 0. The third-order valence-corrected chi connectivity index (χ3v) is 2.45. The Balaban J connectivity index is 3.00. The predicted octanol–water partition coefficient (Wildman–Crippen LogP) is 2.88. The van der Waals surface area contributed by atoms with Crippen molar-refractivity contribution in [3.8, 4) is 0 Å². The third kappa shape index (κ3) is 8.41. The van der Waals surface area contributed by atoms with Gasteiger partial charge in [-0.05, 0) is 12.3 Å². The van der Waals surface area contributed by atoms with Crippen LogP contribution in [-0.4, -0.2) is 17.0 Å². The summed E-state index contributed by atoms with van der Waals surface area (Å²) in [7, 11) is 0. The molecule has 0 fully saturated rings. The van der Waals surface area contributed by atoms with Gasteiger partial charge in [-0.25, -0.2) is 0 Å². The van der Waals surface area contributed by atoms with E-state index in [-0.39, 0.29) is 11.9 Å². The lowest BCUT2D eigenvalue weighted by molar-refractivity contribution is 0.289. The zero-order chi connectivity index (χ0) is 9.40. The third-order valence-electron chi connectivity index (χ3n) is 2.03. The molecule has 0 aliphatic carbocycles. The van der Waals surface area contributed by atoms with Gasteiger partial charge in [0.25, 0.3) is 0 Å². The van der Waals surface area contributed by atoms with Gasteiger partial charge in [-0.15, -0.1) is 0 Å². The first kappa shape index (κ1) is 12.3. The molecule has 0 saturated heterocycles. The van der Waals surface area contributed by atoms with Gasteiger partial charge in [-0.2, -0.15) is 12.6 Å². The number of hydrogen-bond acceptors (Lipinski definition) is 2. The highest BCUT2D eigenvalue weighted by Crippen LogP contribution is 2.12. The highest BCUT2D eigenvalue weighted by molar-refractivity contribution is 7.81. The fourth-order valence-electron chi connectivity index (χ4n) is 1.20. The van der Waals surface area contributed by atoms with E-state index >= 15 is 0 Å². The molecule has 0 rings (SSSR count). The van der Waals surface area contributed by atoms with Gasteiger partial charge >= 0.3 is 0 Å². The second-order valence-electron chi connectivity index (χ2n) is 3.87. The predicted molar refractivity (Wildman–Crippen MR) is 57.8 cm³/mol. The molecule has 0 bridgehead atoms. The Morgan fingerprint density at radius 1 is 1.08 bits per heavy atom. The van der Waals surface area contributed by atoms with Crippen molar-refractivity contribution >= 4 is 12.6 Å². The van der Waals surface area contributed by atoms with Crippen molar-refractivity contribution in [1.29, 1.82) is 0 Å². The van der Waals surface area contributed by atoms with Gasteiger partial charge < -0.3 is 5.11 Å². The van der Waals surface area contributed by atoms with Gasteiger partial charge in [0.2, 0.25) is 0 Å². The minimum atomic E-state index is 0.198. The number of unbranched alkanes of at least 4 members (excludes halogenated alkanes) is 2. The highest BCUT2D eigenvalue weighted by atomic mass is 32.1.